The van der Waals surface area contributed by atoms with Crippen molar-refractivity contribution in [3.63, 3.8) is 0 Å². The average molecular weight is 213 g/mol. The van der Waals surface area contributed by atoms with Crippen LogP contribution in [0.1, 0.15) is 31.7 Å². The molecule has 0 heterocycles. The highest BCUT2D eigenvalue weighted by Crippen LogP contribution is 2.14. The van der Waals surface area contributed by atoms with Crippen molar-refractivity contribution in [1.29, 1.82) is 0 Å². The Kier molecular flexibility index (Phi) is 4.69. The number of hydrogen-bond donors (Lipinski definition) is 1. The van der Waals surface area contributed by atoms with Gasteiger partial charge in [0.2, 0.25) is 0 Å². The van der Waals surface area contributed by atoms with Gasteiger partial charge < -0.3 is 5.73 Å². The molecule has 0 fully saturated rings. The molecule has 1 nitrogen and oxygen atoms in total. The molecule has 0 spiro atoms. The summed E-state index contributed by atoms with van der Waals surface area (Å²) in [6.07, 6.45) is 3.13. The molecule has 0 radical (unpaired) electrons. The average Bonchev–Trinajstić information content (AvgIpc) is 2.24. The van der Waals surface area contributed by atoms with Crippen molar-refractivity contribution in [2.45, 2.75) is 38.6 Å². The van der Waals surface area contributed by atoms with Crippen molar-refractivity contribution in [2.75, 3.05) is 0 Å². The Balaban J connectivity index is 2.47. The fourth-order valence-corrected chi connectivity index (χ4v) is 1.50. The Morgan fingerprint density at radius 1 is 1.33 bits per heavy atom. The first kappa shape index (κ1) is 12.1. The maximum absolute atomic E-state index is 13.2. The molecule has 2 N–H and O–H groups in total. The van der Waals surface area contributed by atoms with Crippen LogP contribution in [0.15, 0.2) is 18.2 Å². The Bertz CT molecular complexity index is 312. The van der Waals surface area contributed by atoms with Crippen LogP contribution in [0, 0.1) is 11.6 Å². The first-order valence-electron chi connectivity index (χ1n) is 5.33. The van der Waals surface area contributed by atoms with Gasteiger partial charge in [0.25, 0.3) is 0 Å². The second kappa shape index (κ2) is 5.81. The number of aryl methyl sites for hydroxylation is 1. The highest BCUT2D eigenvalue weighted by Gasteiger charge is 2.07. The number of halogens is 2. The highest BCUT2D eigenvalue weighted by molar-refractivity contribution is 5.18. The van der Waals surface area contributed by atoms with Gasteiger partial charge in [-0.1, -0.05) is 19.1 Å². The minimum absolute atomic E-state index is 0.168. The van der Waals surface area contributed by atoms with Crippen LogP contribution in [-0.2, 0) is 6.42 Å². The SMILES string of the molecule is CCC(N)CCCc1cccc(F)c1F. The van der Waals surface area contributed by atoms with Gasteiger partial charge in [-0.25, -0.2) is 8.78 Å². The Labute approximate surface area is 89.3 Å². The lowest BCUT2D eigenvalue weighted by atomic mass is 10.0. The van der Waals surface area contributed by atoms with Crippen LogP contribution in [0.4, 0.5) is 8.78 Å². The van der Waals surface area contributed by atoms with Crippen molar-refractivity contribution >= 4 is 0 Å². The van der Waals surface area contributed by atoms with Crippen LogP contribution in [0.5, 0.6) is 0 Å². The summed E-state index contributed by atoms with van der Waals surface area (Å²) in [6.45, 7) is 2.02. The smallest absolute Gasteiger partial charge is 0.162 e. The third kappa shape index (κ3) is 3.59. The second-order valence-electron chi connectivity index (χ2n) is 3.77. The predicted molar refractivity (Wildman–Crippen MR) is 57.6 cm³/mol. The van der Waals surface area contributed by atoms with Crippen molar-refractivity contribution in [3.05, 3.63) is 35.4 Å². The van der Waals surface area contributed by atoms with Crippen molar-refractivity contribution in [2.24, 2.45) is 5.73 Å². The van der Waals surface area contributed by atoms with Gasteiger partial charge in [0.15, 0.2) is 11.6 Å². The molecule has 0 saturated heterocycles. The monoisotopic (exact) mass is 213 g/mol. The van der Waals surface area contributed by atoms with E-state index in [-0.39, 0.29) is 6.04 Å². The number of rotatable bonds is 5. The molecule has 1 atom stereocenters. The van der Waals surface area contributed by atoms with E-state index in [4.69, 9.17) is 5.73 Å². The van der Waals surface area contributed by atoms with Crippen molar-refractivity contribution in [1.82, 2.24) is 0 Å². The van der Waals surface area contributed by atoms with E-state index in [9.17, 15) is 8.78 Å². The van der Waals surface area contributed by atoms with Gasteiger partial charge in [0, 0.05) is 6.04 Å². The number of nitrogens with two attached hydrogens (primary N) is 1. The van der Waals surface area contributed by atoms with Gasteiger partial charge in [-0.3, -0.25) is 0 Å². The quantitative estimate of drug-likeness (QED) is 0.799. The summed E-state index contributed by atoms with van der Waals surface area (Å²) in [5.41, 5.74) is 6.18. The Morgan fingerprint density at radius 2 is 2.07 bits per heavy atom. The number of benzene rings is 1. The molecule has 0 bridgehead atoms. The lowest BCUT2D eigenvalue weighted by Gasteiger charge is -2.08. The summed E-state index contributed by atoms with van der Waals surface area (Å²) in [7, 11) is 0. The van der Waals surface area contributed by atoms with E-state index in [1.165, 1.54) is 6.07 Å². The molecular weight excluding hydrogens is 196 g/mol. The zero-order chi connectivity index (χ0) is 11.3. The summed E-state index contributed by atoms with van der Waals surface area (Å²) in [5.74, 6) is -1.49. The van der Waals surface area contributed by atoms with Crippen molar-refractivity contribution in [3.8, 4) is 0 Å². The van der Waals surface area contributed by atoms with Crippen molar-refractivity contribution < 1.29 is 8.78 Å². The normalized spacial score (nSPS) is 12.8. The fraction of sp³-hybridized carbons (Fsp3) is 0.500. The molecule has 1 aromatic carbocycles. The molecule has 0 amide bonds. The summed E-state index contributed by atoms with van der Waals surface area (Å²) in [6, 6.07) is 4.46. The molecule has 1 unspecified atom stereocenters. The molecule has 3 heteroatoms. The van der Waals surface area contributed by atoms with E-state index in [1.807, 2.05) is 6.92 Å². The molecule has 0 aliphatic heterocycles. The van der Waals surface area contributed by atoms with Crippen LogP contribution in [-0.4, -0.2) is 6.04 Å². The Hall–Kier alpha value is -0.960. The molecule has 84 valence electrons. The summed E-state index contributed by atoms with van der Waals surface area (Å²) >= 11 is 0. The summed E-state index contributed by atoms with van der Waals surface area (Å²) in [4.78, 5) is 0. The maximum Gasteiger partial charge on any atom is 0.162 e. The van der Waals surface area contributed by atoms with E-state index in [2.05, 4.69) is 0 Å². The minimum Gasteiger partial charge on any atom is -0.328 e. The standard InChI is InChI=1S/C12H17F2N/c1-2-10(15)7-3-5-9-6-4-8-11(13)12(9)14/h4,6,8,10H,2-3,5,7,15H2,1H3. The number of hydrogen-bond acceptors (Lipinski definition) is 1. The van der Waals surface area contributed by atoms with Crippen LogP contribution in [0.25, 0.3) is 0 Å². The molecule has 0 aliphatic rings. The summed E-state index contributed by atoms with van der Waals surface area (Å²) in [5, 5.41) is 0. The van der Waals surface area contributed by atoms with Gasteiger partial charge >= 0.3 is 0 Å². The molecule has 1 aromatic rings. The molecule has 15 heavy (non-hydrogen) atoms. The Morgan fingerprint density at radius 3 is 2.73 bits per heavy atom. The van der Waals surface area contributed by atoms with Gasteiger partial charge in [-0.05, 0) is 37.3 Å². The molecular formula is C12H17F2N. The van der Waals surface area contributed by atoms with Gasteiger partial charge in [-0.15, -0.1) is 0 Å². The van der Waals surface area contributed by atoms with E-state index >= 15 is 0 Å². The molecule has 0 aliphatic carbocycles. The van der Waals surface area contributed by atoms with Crippen LogP contribution < -0.4 is 5.73 Å². The molecule has 0 aromatic heterocycles. The van der Waals surface area contributed by atoms with Crippen LogP contribution in [0.2, 0.25) is 0 Å². The van der Waals surface area contributed by atoms with Crippen LogP contribution >= 0.6 is 0 Å². The first-order chi connectivity index (χ1) is 7.15. The maximum atomic E-state index is 13.2. The lowest BCUT2D eigenvalue weighted by Crippen LogP contribution is -2.18. The van der Waals surface area contributed by atoms with Gasteiger partial charge in [0.1, 0.15) is 0 Å². The third-order valence-corrected chi connectivity index (χ3v) is 2.58. The first-order valence-corrected chi connectivity index (χ1v) is 5.33. The highest BCUT2D eigenvalue weighted by atomic mass is 19.2. The fourth-order valence-electron chi connectivity index (χ4n) is 1.50. The topological polar surface area (TPSA) is 26.0 Å². The van der Waals surface area contributed by atoms with E-state index in [0.717, 1.165) is 25.3 Å². The summed E-state index contributed by atoms with van der Waals surface area (Å²) < 4.78 is 26.0. The largest absolute Gasteiger partial charge is 0.328 e. The molecule has 0 saturated carbocycles. The zero-order valence-electron chi connectivity index (χ0n) is 8.97. The zero-order valence-corrected chi connectivity index (χ0v) is 8.97. The van der Waals surface area contributed by atoms with Crippen LogP contribution in [0.3, 0.4) is 0 Å². The van der Waals surface area contributed by atoms with E-state index in [1.54, 1.807) is 6.07 Å². The molecule has 1 rings (SSSR count). The lowest BCUT2D eigenvalue weighted by molar-refractivity contribution is 0.492. The minimum atomic E-state index is -0.771. The van der Waals surface area contributed by atoms with Gasteiger partial charge in [0.05, 0.1) is 0 Å². The van der Waals surface area contributed by atoms with E-state index < -0.39 is 11.6 Å². The van der Waals surface area contributed by atoms with Gasteiger partial charge in [-0.2, -0.15) is 0 Å². The van der Waals surface area contributed by atoms with E-state index in [0.29, 0.717) is 12.0 Å². The third-order valence-electron chi connectivity index (χ3n) is 2.58. The second-order valence-corrected chi connectivity index (χ2v) is 3.77. The predicted octanol–water partition coefficient (Wildman–Crippen LogP) is 3.02.